The van der Waals surface area contributed by atoms with Crippen molar-refractivity contribution in [3.63, 3.8) is 0 Å². The minimum atomic E-state index is -4.76. The van der Waals surface area contributed by atoms with Gasteiger partial charge in [0.2, 0.25) is 0 Å². The highest BCUT2D eigenvalue weighted by Gasteiger charge is 2.81. The number of ether oxygens (including phenoxy) is 2. The van der Waals surface area contributed by atoms with Crippen LogP contribution in [0.5, 0.6) is 0 Å². The van der Waals surface area contributed by atoms with Gasteiger partial charge in [-0.3, -0.25) is 23.7 Å². The molecule has 10 nitrogen and oxygen atoms in total. The van der Waals surface area contributed by atoms with E-state index in [2.05, 4.69) is 37.9 Å². The molecule has 4 fully saturated rings. The minimum absolute atomic E-state index is 0.0136. The van der Waals surface area contributed by atoms with E-state index in [1.165, 1.54) is 13.8 Å². The van der Waals surface area contributed by atoms with Gasteiger partial charge in [-0.25, -0.2) is 4.57 Å². The molecule has 0 radical (unpaired) electrons. The van der Waals surface area contributed by atoms with Crippen molar-refractivity contribution >= 4 is 31.3 Å². The molecule has 4 saturated carbocycles. The predicted octanol–water partition coefficient (Wildman–Crippen LogP) is 5.36. The van der Waals surface area contributed by atoms with E-state index in [1.807, 2.05) is 13.0 Å². The van der Waals surface area contributed by atoms with Crippen molar-refractivity contribution in [1.82, 2.24) is 0 Å². The van der Waals surface area contributed by atoms with E-state index >= 15 is 0 Å². The van der Waals surface area contributed by atoms with Gasteiger partial charge in [-0.05, 0) is 83.7 Å². The Morgan fingerprint density at radius 1 is 1.09 bits per heavy atom. The zero-order valence-corrected chi connectivity index (χ0v) is 28.4. The summed E-state index contributed by atoms with van der Waals surface area (Å²) in [7, 11) is -4.76. The van der Waals surface area contributed by atoms with Gasteiger partial charge in [0.1, 0.15) is 6.10 Å². The van der Waals surface area contributed by atoms with Crippen molar-refractivity contribution in [2.75, 3.05) is 6.61 Å². The van der Waals surface area contributed by atoms with Crippen LogP contribution in [0.4, 0.5) is 0 Å². The third-order valence-corrected chi connectivity index (χ3v) is 13.8. The molecule has 45 heavy (non-hydrogen) atoms. The van der Waals surface area contributed by atoms with E-state index in [1.54, 1.807) is 6.92 Å². The highest BCUT2D eigenvalue weighted by Crippen LogP contribution is 2.87. The Kier molecular flexibility index (Phi) is 8.55. The van der Waals surface area contributed by atoms with Gasteiger partial charge in [0, 0.05) is 37.5 Å². The van der Waals surface area contributed by atoms with Gasteiger partial charge < -0.3 is 19.3 Å². The zero-order chi connectivity index (χ0) is 33.5. The number of ketones is 2. The maximum atomic E-state index is 13.9. The largest absolute Gasteiger partial charge is 0.469 e. The summed E-state index contributed by atoms with van der Waals surface area (Å²) >= 11 is 0. The molecule has 5 aliphatic carbocycles. The molecule has 0 aliphatic heterocycles. The minimum Gasteiger partial charge on any atom is -0.462 e. The molecule has 5 rings (SSSR count). The van der Waals surface area contributed by atoms with Gasteiger partial charge >= 0.3 is 19.8 Å². The van der Waals surface area contributed by atoms with E-state index in [4.69, 9.17) is 19.3 Å². The topological polar surface area (TPSA) is 154 Å². The molecule has 12 atom stereocenters. The molecule has 0 amide bonds. The fraction of sp³-hybridized carbons (Fsp3) is 0.765. The molecule has 0 saturated heterocycles. The fourth-order valence-corrected chi connectivity index (χ4v) is 11.6. The summed E-state index contributed by atoms with van der Waals surface area (Å²) in [6.07, 6.45) is 7.74. The van der Waals surface area contributed by atoms with Crippen LogP contribution in [0, 0.1) is 57.2 Å². The van der Waals surface area contributed by atoms with Crippen LogP contribution in [-0.2, 0) is 37.7 Å². The summed E-state index contributed by atoms with van der Waals surface area (Å²) in [5, 5.41) is 0. The van der Waals surface area contributed by atoms with Crippen molar-refractivity contribution in [3.8, 4) is 0 Å². The number of esters is 2. The molecule has 2 spiro atoms. The summed E-state index contributed by atoms with van der Waals surface area (Å²) < 4.78 is 27.7. The van der Waals surface area contributed by atoms with Crippen molar-refractivity contribution in [1.29, 1.82) is 0 Å². The second kappa shape index (κ2) is 11.2. The predicted molar refractivity (Wildman–Crippen MR) is 164 cm³/mol. The molecule has 11 heteroatoms. The first-order valence-corrected chi connectivity index (χ1v) is 17.8. The molecular weight excluding hydrogens is 599 g/mol. The van der Waals surface area contributed by atoms with E-state index in [0.717, 1.165) is 32.1 Å². The van der Waals surface area contributed by atoms with E-state index in [-0.39, 0.29) is 44.9 Å². The lowest BCUT2D eigenvalue weighted by Crippen LogP contribution is -2.56. The first-order chi connectivity index (χ1) is 20.7. The number of allylic oxidation sites excluding steroid dienone is 2. The second-order valence-corrected chi connectivity index (χ2v) is 16.6. The van der Waals surface area contributed by atoms with Crippen molar-refractivity contribution < 1.29 is 47.5 Å². The van der Waals surface area contributed by atoms with Crippen LogP contribution in [0.1, 0.15) is 87.0 Å². The Hall–Kier alpha value is -2.13. The smallest absolute Gasteiger partial charge is 0.462 e. The molecule has 0 aromatic heterocycles. The van der Waals surface area contributed by atoms with E-state index in [9.17, 15) is 23.7 Å². The Bertz CT molecular complexity index is 1380. The van der Waals surface area contributed by atoms with Gasteiger partial charge in [0.15, 0.2) is 17.7 Å². The fourth-order valence-electron chi connectivity index (χ4n) is 11.1. The van der Waals surface area contributed by atoms with Crippen molar-refractivity contribution in [3.05, 3.63) is 24.3 Å². The lowest BCUT2D eigenvalue weighted by Gasteiger charge is -2.61. The second-order valence-electron chi connectivity index (χ2n) is 15.3. The molecule has 0 heterocycles. The molecule has 250 valence electrons. The molecule has 0 aromatic rings. The maximum Gasteiger partial charge on any atom is 0.469 e. The molecule has 2 unspecified atom stereocenters. The molecular formula is C34H49O10P. The lowest BCUT2D eigenvalue weighted by molar-refractivity contribution is -0.166. The third kappa shape index (κ3) is 5.22. The monoisotopic (exact) mass is 648 g/mol. The number of carbonyl (C=O) groups excluding carboxylic acids is 4. The third-order valence-electron chi connectivity index (χ3n) is 13.3. The number of Topliss-reactive ketones (excluding diaryl/α,β-unsaturated/α-hetero) is 1. The Labute approximate surface area is 265 Å². The number of hydrogen-bond donors (Lipinski definition) is 2. The van der Waals surface area contributed by atoms with Gasteiger partial charge in [-0.15, -0.1) is 0 Å². The number of carbonyl (C=O) groups is 4. The normalized spacial score (nSPS) is 41.8. The average molecular weight is 649 g/mol. The van der Waals surface area contributed by atoms with Gasteiger partial charge in [-0.1, -0.05) is 47.3 Å². The molecule has 2 N–H and O–H groups in total. The SMILES string of the molecule is C=C(C(=O)[C@H](OC(C)=O)[C@@H](C)[C@H]1[C@@H](OC(C)=O)C[C@@]2(C)C3CCC4[C@H](C)C(=O)C=C[C@@]45C[C@@]35CC[C@]12C)[C@@H](C)COP(=O)(O)O. The van der Waals surface area contributed by atoms with E-state index in [0.29, 0.717) is 18.3 Å². The zero-order valence-electron chi connectivity index (χ0n) is 27.5. The highest BCUT2D eigenvalue weighted by molar-refractivity contribution is 7.46. The van der Waals surface area contributed by atoms with Crippen LogP contribution in [0.3, 0.4) is 0 Å². The van der Waals surface area contributed by atoms with Crippen LogP contribution in [0.15, 0.2) is 24.3 Å². The average Bonchev–Trinajstić information content (AvgIpc) is 3.55. The van der Waals surface area contributed by atoms with Crippen LogP contribution in [-0.4, -0.2) is 52.1 Å². The standard InChI is InChI=1S/C34H49O10P/c1-18(16-42-45(39,40)41)19(2)29(38)30(44-23(6)36)21(4)28-26(43-22(5)35)15-32(8)27-10-9-24-20(3)25(37)11-12-33(24)17-34(27,33)14-13-31(28,32)7/h11-12,18,20-21,24,26-28,30H,2,9-10,13-17H2,1,3-8H3,(H2,39,40,41)/t18-,20-,21-,24?,26-,27?,28-,30+,31+,32-,33+,34-/m0/s1. The first kappa shape index (κ1) is 34.2. The van der Waals surface area contributed by atoms with E-state index < -0.39 is 56.2 Å². The van der Waals surface area contributed by atoms with Gasteiger partial charge in [0.05, 0.1) is 6.61 Å². The number of phosphoric ester groups is 1. The Morgan fingerprint density at radius 3 is 2.36 bits per heavy atom. The van der Waals surface area contributed by atoms with Crippen molar-refractivity contribution in [2.45, 2.75) is 99.2 Å². The number of fused-ring (bicyclic) bond motifs is 2. The summed E-state index contributed by atoms with van der Waals surface area (Å²) in [5.74, 6) is -2.32. The molecule has 5 aliphatic rings. The van der Waals surface area contributed by atoms with Crippen LogP contribution >= 0.6 is 7.82 Å². The summed E-state index contributed by atoms with van der Waals surface area (Å²) in [6.45, 7) is 16.2. The number of rotatable bonds is 10. The summed E-state index contributed by atoms with van der Waals surface area (Å²) in [5.41, 5.74) is -0.475. The number of phosphoric acid groups is 1. The first-order valence-electron chi connectivity index (χ1n) is 16.3. The van der Waals surface area contributed by atoms with Gasteiger partial charge in [0.25, 0.3) is 0 Å². The Balaban J connectivity index is 1.49. The van der Waals surface area contributed by atoms with Crippen LogP contribution in [0.25, 0.3) is 0 Å². The maximum absolute atomic E-state index is 13.9. The number of hydrogen-bond acceptors (Lipinski definition) is 8. The summed E-state index contributed by atoms with van der Waals surface area (Å²) in [6, 6.07) is 0. The quantitative estimate of drug-likeness (QED) is 0.180. The lowest BCUT2D eigenvalue weighted by atomic mass is 9.43. The molecule has 0 bridgehead atoms. The Morgan fingerprint density at radius 2 is 1.76 bits per heavy atom. The van der Waals surface area contributed by atoms with Crippen LogP contribution in [0.2, 0.25) is 0 Å². The van der Waals surface area contributed by atoms with Gasteiger partial charge in [-0.2, -0.15) is 0 Å². The van der Waals surface area contributed by atoms with Crippen molar-refractivity contribution in [2.24, 2.45) is 57.2 Å². The summed E-state index contributed by atoms with van der Waals surface area (Å²) in [4.78, 5) is 69.8. The molecule has 0 aromatic carbocycles. The van der Waals surface area contributed by atoms with Crippen LogP contribution < -0.4 is 0 Å². The highest BCUT2D eigenvalue weighted by atomic mass is 31.2.